The number of phosphoric acid groups is 1. The zero-order valence-corrected chi connectivity index (χ0v) is 27.9. The van der Waals surface area contributed by atoms with Gasteiger partial charge in [-0.2, -0.15) is 0 Å². The van der Waals surface area contributed by atoms with E-state index in [9.17, 15) is 14.3 Å². The molecule has 0 aromatic carbocycles. The van der Waals surface area contributed by atoms with Gasteiger partial charge in [0.25, 0.3) is 7.82 Å². The van der Waals surface area contributed by atoms with Crippen LogP contribution in [-0.4, -0.2) is 70.7 Å². The molecule has 0 aromatic heterocycles. The van der Waals surface area contributed by atoms with Gasteiger partial charge >= 0.3 is 5.97 Å². The molecular weight excluding hydrogens is 541 g/mol. The van der Waals surface area contributed by atoms with Crippen LogP contribution in [0.25, 0.3) is 0 Å². The molecule has 0 heterocycles. The van der Waals surface area contributed by atoms with E-state index in [1.807, 2.05) is 21.1 Å². The highest BCUT2D eigenvalue weighted by atomic mass is 31.2. The summed E-state index contributed by atoms with van der Waals surface area (Å²) in [5, 5.41) is 0. The summed E-state index contributed by atoms with van der Waals surface area (Å²) in [5.41, 5.74) is 0. The summed E-state index contributed by atoms with van der Waals surface area (Å²) in [7, 11) is 1.34. The highest BCUT2D eigenvalue weighted by molar-refractivity contribution is 7.45. The summed E-state index contributed by atoms with van der Waals surface area (Å²) in [4.78, 5) is 24.5. The molecule has 0 amide bonds. The van der Waals surface area contributed by atoms with Gasteiger partial charge < -0.3 is 27.9 Å². The smallest absolute Gasteiger partial charge is 0.306 e. The van der Waals surface area contributed by atoms with E-state index in [1.165, 1.54) is 25.7 Å². The van der Waals surface area contributed by atoms with Crippen molar-refractivity contribution in [1.82, 2.24) is 0 Å². The second-order valence-corrected chi connectivity index (χ2v) is 13.2. The molecule has 0 spiro atoms. The SMILES string of the molecule is CCC/C=C\C/C=C\CCCCCCCCOCC(COP(=O)([O-])OCC[N+](C)(C)C)OC(=O)CCCCCCC. The van der Waals surface area contributed by atoms with Crippen molar-refractivity contribution in [3.05, 3.63) is 24.3 Å². The molecule has 0 N–H and O–H groups in total. The number of carbonyl (C=O) groups is 1. The number of unbranched alkanes of at least 4 members (excludes halogenated alkanes) is 11. The number of rotatable bonds is 29. The maximum Gasteiger partial charge on any atom is 0.306 e. The molecule has 0 rings (SSSR count). The molecule has 0 aliphatic rings. The fourth-order valence-corrected chi connectivity index (χ4v) is 4.66. The zero-order valence-electron chi connectivity index (χ0n) is 27.0. The molecule has 0 aromatic rings. The molecule has 8 nitrogen and oxygen atoms in total. The van der Waals surface area contributed by atoms with E-state index in [1.54, 1.807) is 0 Å². The van der Waals surface area contributed by atoms with Crippen molar-refractivity contribution in [2.75, 3.05) is 54.1 Å². The highest BCUT2D eigenvalue weighted by Gasteiger charge is 2.20. The van der Waals surface area contributed by atoms with Gasteiger partial charge in [-0.3, -0.25) is 9.36 Å². The Hall–Kier alpha value is -1.02. The minimum atomic E-state index is -4.50. The molecule has 0 radical (unpaired) electrons. The van der Waals surface area contributed by atoms with E-state index in [0.717, 1.165) is 70.6 Å². The molecule has 0 saturated heterocycles. The van der Waals surface area contributed by atoms with Crippen LogP contribution in [0.15, 0.2) is 24.3 Å². The minimum absolute atomic E-state index is 0.0242. The quantitative estimate of drug-likeness (QED) is 0.0287. The fourth-order valence-electron chi connectivity index (χ4n) is 3.93. The van der Waals surface area contributed by atoms with Gasteiger partial charge in [0, 0.05) is 13.0 Å². The van der Waals surface area contributed by atoms with Gasteiger partial charge in [0.05, 0.1) is 34.4 Å². The van der Waals surface area contributed by atoms with Crippen molar-refractivity contribution in [3.63, 3.8) is 0 Å². The number of hydrogen-bond donors (Lipinski definition) is 0. The van der Waals surface area contributed by atoms with E-state index in [4.69, 9.17) is 18.5 Å². The summed E-state index contributed by atoms with van der Waals surface area (Å²) >= 11 is 0. The zero-order chi connectivity index (χ0) is 30.7. The number of esters is 1. The largest absolute Gasteiger partial charge is 0.756 e. The number of likely N-dealkylation sites (N-methyl/N-ethyl adjacent to an activating group) is 1. The first-order chi connectivity index (χ1) is 19.6. The van der Waals surface area contributed by atoms with Crippen LogP contribution in [0.2, 0.25) is 0 Å². The number of ether oxygens (including phenoxy) is 2. The first kappa shape index (κ1) is 40.0. The average molecular weight is 604 g/mol. The van der Waals surface area contributed by atoms with E-state index in [0.29, 0.717) is 24.1 Å². The van der Waals surface area contributed by atoms with Crippen molar-refractivity contribution in [3.8, 4) is 0 Å². The third-order valence-corrected chi connectivity index (χ3v) is 7.45. The molecule has 41 heavy (non-hydrogen) atoms. The monoisotopic (exact) mass is 603 g/mol. The Bertz CT molecular complexity index is 721. The maximum absolute atomic E-state index is 12.3. The second-order valence-electron chi connectivity index (χ2n) is 11.8. The van der Waals surface area contributed by atoms with Crippen molar-refractivity contribution < 1.29 is 37.3 Å². The number of hydrogen-bond acceptors (Lipinski definition) is 7. The summed E-state index contributed by atoms with van der Waals surface area (Å²) < 4.78 is 34.0. The molecule has 2 atom stereocenters. The lowest BCUT2D eigenvalue weighted by atomic mass is 10.1. The molecule has 242 valence electrons. The third kappa shape index (κ3) is 30.2. The number of nitrogens with zero attached hydrogens (tertiary/aromatic N) is 1. The molecule has 0 saturated carbocycles. The summed E-state index contributed by atoms with van der Waals surface area (Å²) in [6, 6.07) is 0. The lowest BCUT2D eigenvalue weighted by Crippen LogP contribution is -2.37. The Morgan fingerprint density at radius 1 is 0.756 bits per heavy atom. The fraction of sp³-hybridized carbons (Fsp3) is 0.844. The van der Waals surface area contributed by atoms with Gasteiger partial charge in [0.2, 0.25) is 0 Å². The molecule has 0 bridgehead atoms. The Morgan fingerprint density at radius 2 is 1.39 bits per heavy atom. The van der Waals surface area contributed by atoms with Crippen LogP contribution in [0.1, 0.15) is 117 Å². The van der Waals surface area contributed by atoms with E-state index in [2.05, 4.69) is 38.2 Å². The predicted molar refractivity (Wildman–Crippen MR) is 167 cm³/mol. The summed E-state index contributed by atoms with van der Waals surface area (Å²) in [5.74, 6) is -0.354. The summed E-state index contributed by atoms with van der Waals surface area (Å²) in [6.45, 7) is 5.21. The molecule has 0 aliphatic heterocycles. The van der Waals surface area contributed by atoms with Crippen molar-refractivity contribution in [1.29, 1.82) is 0 Å². The third-order valence-electron chi connectivity index (χ3n) is 6.49. The maximum atomic E-state index is 12.3. The molecule has 9 heteroatoms. The lowest BCUT2D eigenvalue weighted by Gasteiger charge is -2.28. The second kappa shape index (κ2) is 26.6. The molecule has 2 unspecified atom stereocenters. The first-order valence-electron chi connectivity index (χ1n) is 16.1. The number of allylic oxidation sites excluding steroid dienone is 4. The predicted octanol–water partition coefficient (Wildman–Crippen LogP) is 7.52. The van der Waals surface area contributed by atoms with E-state index >= 15 is 0 Å². The van der Waals surface area contributed by atoms with E-state index in [-0.39, 0.29) is 25.8 Å². The number of quaternary nitrogens is 1. The van der Waals surface area contributed by atoms with Crippen LogP contribution in [0, 0.1) is 0 Å². The molecular formula is C32H62NO7P. The minimum Gasteiger partial charge on any atom is -0.756 e. The van der Waals surface area contributed by atoms with Crippen LogP contribution < -0.4 is 4.89 Å². The van der Waals surface area contributed by atoms with Crippen molar-refractivity contribution in [2.24, 2.45) is 0 Å². The standard InChI is InChI=1S/C32H62NO7P/c1-6-8-10-12-13-14-15-16-17-18-19-20-22-24-27-37-29-31(40-32(34)25-23-21-11-9-7-2)30-39-41(35,36)38-28-26-33(3,4)5/h10,12,14-15,31H,6-9,11,13,16-30H2,1-5H3/b12-10-,15-14-. The van der Waals surface area contributed by atoms with Gasteiger partial charge in [-0.1, -0.05) is 95.9 Å². The van der Waals surface area contributed by atoms with Crippen molar-refractivity contribution >= 4 is 13.8 Å². The average Bonchev–Trinajstić information content (AvgIpc) is 2.90. The summed E-state index contributed by atoms with van der Waals surface area (Å²) in [6.07, 6.45) is 25.0. The molecule has 0 fully saturated rings. The normalized spacial score (nSPS) is 14.6. The van der Waals surface area contributed by atoms with Crippen LogP contribution in [0.3, 0.4) is 0 Å². The number of carbonyl (C=O) groups excluding carboxylic acids is 1. The van der Waals surface area contributed by atoms with E-state index < -0.39 is 13.9 Å². The van der Waals surface area contributed by atoms with Gasteiger partial charge in [-0.25, -0.2) is 0 Å². The van der Waals surface area contributed by atoms with Crippen LogP contribution >= 0.6 is 7.82 Å². The van der Waals surface area contributed by atoms with Gasteiger partial charge in [-0.15, -0.1) is 0 Å². The van der Waals surface area contributed by atoms with Crippen molar-refractivity contribution in [2.45, 2.75) is 123 Å². The highest BCUT2D eigenvalue weighted by Crippen LogP contribution is 2.38. The first-order valence-corrected chi connectivity index (χ1v) is 17.5. The Labute approximate surface area is 252 Å². The van der Waals surface area contributed by atoms with Gasteiger partial charge in [0.1, 0.15) is 19.3 Å². The Balaban J connectivity index is 4.26. The lowest BCUT2D eigenvalue weighted by molar-refractivity contribution is -0.870. The molecule has 0 aliphatic carbocycles. The Morgan fingerprint density at radius 3 is 2.07 bits per heavy atom. The topological polar surface area (TPSA) is 94.1 Å². The van der Waals surface area contributed by atoms with Crippen LogP contribution in [0.4, 0.5) is 0 Å². The van der Waals surface area contributed by atoms with Gasteiger partial charge in [0.15, 0.2) is 0 Å². The van der Waals surface area contributed by atoms with Crippen LogP contribution in [0.5, 0.6) is 0 Å². The van der Waals surface area contributed by atoms with Crippen LogP contribution in [-0.2, 0) is 27.9 Å². The van der Waals surface area contributed by atoms with Gasteiger partial charge in [-0.05, 0) is 38.5 Å². The Kier molecular flexibility index (Phi) is 25.9. The number of phosphoric ester groups is 1.